The van der Waals surface area contributed by atoms with Crippen LogP contribution in [0.2, 0.25) is 0 Å². The van der Waals surface area contributed by atoms with E-state index in [9.17, 15) is 4.39 Å². The molecule has 1 aliphatic rings. The maximum atomic E-state index is 13.5. The van der Waals surface area contributed by atoms with Gasteiger partial charge in [0, 0.05) is 10.5 Å². The second-order valence-electron chi connectivity index (χ2n) is 6.35. The Labute approximate surface area is 136 Å². The number of hydrogen-bond donors (Lipinski definition) is 1. The van der Waals surface area contributed by atoms with Crippen molar-refractivity contribution in [2.75, 3.05) is 6.54 Å². The van der Waals surface area contributed by atoms with Gasteiger partial charge in [0.15, 0.2) is 0 Å². The van der Waals surface area contributed by atoms with E-state index in [4.69, 9.17) is 0 Å². The van der Waals surface area contributed by atoms with Gasteiger partial charge in [-0.15, -0.1) is 0 Å². The van der Waals surface area contributed by atoms with E-state index < -0.39 is 0 Å². The van der Waals surface area contributed by atoms with Crippen LogP contribution in [0.1, 0.15) is 51.5 Å². The third kappa shape index (κ3) is 4.79. The molecule has 0 aromatic heterocycles. The van der Waals surface area contributed by atoms with E-state index >= 15 is 0 Å². The van der Waals surface area contributed by atoms with Gasteiger partial charge in [0.25, 0.3) is 0 Å². The molecule has 2 rings (SSSR count). The monoisotopic (exact) mass is 355 g/mol. The molecule has 1 aliphatic carbocycles. The molecule has 1 N–H and O–H groups in total. The molecule has 118 valence electrons. The van der Waals surface area contributed by atoms with Crippen LogP contribution in [0.4, 0.5) is 4.39 Å². The minimum absolute atomic E-state index is 0.130. The average Bonchev–Trinajstić information content (AvgIpc) is 2.49. The van der Waals surface area contributed by atoms with Crippen molar-refractivity contribution in [2.24, 2.45) is 11.8 Å². The summed E-state index contributed by atoms with van der Waals surface area (Å²) in [5.74, 6) is 1.32. The largest absolute Gasteiger partial charge is 0.314 e. The third-order valence-electron chi connectivity index (χ3n) is 4.81. The summed E-state index contributed by atoms with van der Waals surface area (Å²) in [6, 6.07) is 5.63. The highest BCUT2D eigenvalue weighted by Gasteiger charge is 2.29. The van der Waals surface area contributed by atoms with Gasteiger partial charge in [-0.3, -0.25) is 0 Å². The maximum absolute atomic E-state index is 13.5. The van der Waals surface area contributed by atoms with Crippen molar-refractivity contribution in [1.82, 2.24) is 5.32 Å². The molecule has 0 saturated heterocycles. The summed E-state index contributed by atoms with van der Waals surface area (Å²) in [6.07, 6.45) is 7.26. The lowest BCUT2D eigenvalue weighted by Gasteiger charge is -2.37. The summed E-state index contributed by atoms with van der Waals surface area (Å²) in [5.41, 5.74) is 1.11. The first-order valence-corrected chi connectivity index (χ1v) is 9.10. The van der Waals surface area contributed by atoms with Crippen LogP contribution < -0.4 is 5.32 Å². The average molecular weight is 356 g/mol. The smallest absolute Gasteiger partial charge is 0.123 e. The summed E-state index contributed by atoms with van der Waals surface area (Å²) >= 11 is 3.57. The van der Waals surface area contributed by atoms with E-state index in [1.165, 1.54) is 38.2 Å². The Morgan fingerprint density at radius 2 is 2.10 bits per heavy atom. The Balaban J connectivity index is 2.09. The first-order chi connectivity index (χ1) is 10.1. The van der Waals surface area contributed by atoms with Crippen molar-refractivity contribution >= 4 is 15.9 Å². The molecule has 0 amide bonds. The van der Waals surface area contributed by atoms with Crippen molar-refractivity contribution in [3.8, 4) is 0 Å². The third-order valence-corrected chi connectivity index (χ3v) is 5.59. The van der Waals surface area contributed by atoms with Crippen molar-refractivity contribution in [3.05, 3.63) is 34.1 Å². The van der Waals surface area contributed by atoms with Crippen molar-refractivity contribution in [1.29, 1.82) is 0 Å². The standard InChI is InChI=1S/C18H27BrFN/c1-3-9-21-18-8-5-13(4-2)10-15(18)11-14-12-16(20)6-7-17(14)19/h6-7,12-13,15,18,21H,3-5,8-11H2,1-2H3. The Bertz CT molecular complexity index is 449. The normalized spacial score (nSPS) is 26.0. The van der Waals surface area contributed by atoms with Gasteiger partial charge in [-0.05, 0) is 74.2 Å². The zero-order chi connectivity index (χ0) is 15.2. The SMILES string of the molecule is CCCNC1CCC(CC)CC1Cc1cc(F)ccc1Br. The molecule has 0 heterocycles. The number of halogens is 2. The van der Waals surface area contributed by atoms with Gasteiger partial charge in [0.05, 0.1) is 0 Å². The van der Waals surface area contributed by atoms with Gasteiger partial charge in [-0.25, -0.2) is 4.39 Å². The molecule has 3 unspecified atom stereocenters. The highest BCUT2D eigenvalue weighted by molar-refractivity contribution is 9.10. The first kappa shape index (κ1) is 17.0. The predicted octanol–water partition coefficient (Wildman–Crippen LogP) is 5.33. The summed E-state index contributed by atoms with van der Waals surface area (Å²) in [4.78, 5) is 0. The molecule has 3 atom stereocenters. The van der Waals surface area contributed by atoms with Gasteiger partial charge in [-0.2, -0.15) is 0 Å². The summed E-state index contributed by atoms with van der Waals surface area (Å²) < 4.78 is 14.5. The molecule has 1 saturated carbocycles. The Morgan fingerprint density at radius 3 is 2.81 bits per heavy atom. The zero-order valence-corrected chi connectivity index (χ0v) is 14.8. The van der Waals surface area contributed by atoms with E-state index in [0.29, 0.717) is 12.0 Å². The van der Waals surface area contributed by atoms with Crippen LogP contribution in [-0.4, -0.2) is 12.6 Å². The van der Waals surface area contributed by atoms with Crippen LogP contribution in [0.25, 0.3) is 0 Å². The van der Waals surface area contributed by atoms with Crippen LogP contribution in [0, 0.1) is 17.7 Å². The molecule has 0 radical (unpaired) electrons. The molecular formula is C18H27BrFN. The molecule has 0 aliphatic heterocycles. The molecular weight excluding hydrogens is 329 g/mol. The Morgan fingerprint density at radius 1 is 1.29 bits per heavy atom. The molecule has 1 aromatic rings. The summed E-state index contributed by atoms with van der Waals surface area (Å²) in [5, 5.41) is 3.71. The second-order valence-corrected chi connectivity index (χ2v) is 7.20. The predicted molar refractivity (Wildman–Crippen MR) is 91.0 cm³/mol. The first-order valence-electron chi connectivity index (χ1n) is 8.31. The molecule has 1 fully saturated rings. The van der Waals surface area contributed by atoms with Crippen LogP contribution >= 0.6 is 15.9 Å². The Kier molecular flexibility index (Phi) is 6.69. The molecule has 21 heavy (non-hydrogen) atoms. The Hall–Kier alpha value is -0.410. The van der Waals surface area contributed by atoms with Crippen molar-refractivity contribution in [3.63, 3.8) is 0 Å². The lowest BCUT2D eigenvalue weighted by Crippen LogP contribution is -2.42. The van der Waals surface area contributed by atoms with E-state index in [1.54, 1.807) is 6.07 Å². The minimum Gasteiger partial charge on any atom is -0.314 e. The zero-order valence-electron chi connectivity index (χ0n) is 13.2. The highest BCUT2D eigenvalue weighted by atomic mass is 79.9. The molecule has 3 heteroatoms. The number of nitrogens with one attached hydrogen (secondary N) is 1. The molecule has 1 aromatic carbocycles. The van der Waals surface area contributed by atoms with Crippen LogP contribution in [0.15, 0.2) is 22.7 Å². The van der Waals surface area contributed by atoms with Crippen molar-refractivity contribution in [2.45, 2.75) is 58.4 Å². The quantitative estimate of drug-likeness (QED) is 0.727. The fourth-order valence-corrected chi connectivity index (χ4v) is 3.95. The number of rotatable bonds is 6. The van der Waals surface area contributed by atoms with Gasteiger partial charge in [-0.1, -0.05) is 36.2 Å². The van der Waals surface area contributed by atoms with Crippen molar-refractivity contribution < 1.29 is 4.39 Å². The highest BCUT2D eigenvalue weighted by Crippen LogP contribution is 2.34. The van der Waals surface area contributed by atoms with E-state index in [2.05, 4.69) is 35.1 Å². The molecule has 0 spiro atoms. The van der Waals surface area contributed by atoms with Gasteiger partial charge in [0.1, 0.15) is 5.82 Å². The summed E-state index contributed by atoms with van der Waals surface area (Å²) in [7, 11) is 0. The fourth-order valence-electron chi connectivity index (χ4n) is 3.54. The maximum Gasteiger partial charge on any atom is 0.123 e. The van der Waals surface area contributed by atoms with E-state index in [-0.39, 0.29) is 5.82 Å². The second kappa shape index (κ2) is 8.28. The van der Waals surface area contributed by atoms with Gasteiger partial charge >= 0.3 is 0 Å². The minimum atomic E-state index is -0.130. The van der Waals surface area contributed by atoms with E-state index in [0.717, 1.165) is 28.9 Å². The number of hydrogen-bond acceptors (Lipinski definition) is 1. The number of benzene rings is 1. The van der Waals surface area contributed by atoms with Crippen LogP contribution in [0.5, 0.6) is 0 Å². The lowest BCUT2D eigenvalue weighted by atomic mass is 9.74. The summed E-state index contributed by atoms with van der Waals surface area (Å²) in [6.45, 7) is 5.59. The van der Waals surface area contributed by atoms with Gasteiger partial charge in [0.2, 0.25) is 0 Å². The fraction of sp³-hybridized carbons (Fsp3) is 0.667. The van der Waals surface area contributed by atoms with Gasteiger partial charge < -0.3 is 5.32 Å². The van der Waals surface area contributed by atoms with Crippen LogP contribution in [0.3, 0.4) is 0 Å². The van der Waals surface area contributed by atoms with E-state index in [1.807, 2.05) is 6.07 Å². The lowest BCUT2D eigenvalue weighted by molar-refractivity contribution is 0.198. The molecule has 0 bridgehead atoms. The molecule has 1 nitrogen and oxygen atoms in total. The van der Waals surface area contributed by atoms with Crippen LogP contribution in [-0.2, 0) is 6.42 Å². The topological polar surface area (TPSA) is 12.0 Å².